The molecule has 222 valence electrons. The third-order valence-corrected chi connectivity index (χ3v) is 8.23. The van der Waals surface area contributed by atoms with Crippen molar-refractivity contribution in [3.63, 3.8) is 0 Å². The van der Waals surface area contributed by atoms with Gasteiger partial charge in [-0.25, -0.2) is 0 Å². The standard InChI is InChI=1S/C33H39N3O6/c1-39-26-12-10-24(11-13-26)31-27(33(38)35-18-16-34(17-19-35)22-23-8-6-5-7-9-23)14-15-30(37)36(31)25-20-28(40-2)32(42-4)29(21-25)41-3/h5-13,20-21,27,31H,14-19,22H2,1-4H3/t27-,31+/m0/s1. The average molecular weight is 574 g/mol. The molecule has 0 unspecified atom stereocenters. The lowest BCUT2D eigenvalue weighted by Gasteiger charge is -2.44. The Balaban J connectivity index is 1.46. The normalized spacial score (nSPS) is 19.4. The number of hydrogen-bond acceptors (Lipinski definition) is 7. The van der Waals surface area contributed by atoms with Crippen LogP contribution in [0.4, 0.5) is 5.69 Å². The maximum atomic E-state index is 14.2. The number of ether oxygens (including phenoxy) is 4. The molecule has 0 aliphatic carbocycles. The highest BCUT2D eigenvalue weighted by molar-refractivity contribution is 5.98. The molecule has 0 spiro atoms. The van der Waals surface area contributed by atoms with Gasteiger partial charge in [0.05, 0.1) is 46.1 Å². The lowest BCUT2D eigenvalue weighted by Crippen LogP contribution is -2.54. The van der Waals surface area contributed by atoms with E-state index in [1.54, 1.807) is 45.5 Å². The minimum absolute atomic E-state index is 0.0678. The number of rotatable bonds is 9. The molecule has 2 aliphatic rings. The van der Waals surface area contributed by atoms with Crippen LogP contribution in [0.2, 0.25) is 0 Å². The molecule has 0 radical (unpaired) electrons. The first kappa shape index (κ1) is 29.3. The van der Waals surface area contributed by atoms with Gasteiger partial charge < -0.3 is 28.7 Å². The molecule has 0 N–H and O–H groups in total. The van der Waals surface area contributed by atoms with Crippen LogP contribution in [0.25, 0.3) is 0 Å². The number of anilines is 1. The Morgan fingerprint density at radius 3 is 2.02 bits per heavy atom. The van der Waals surface area contributed by atoms with Gasteiger partial charge in [-0.1, -0.05) is 42.5 Å². The van der Waals surface area contributed by atoms with Gasteiger partial charge in [-0.15, -0.1) is 0 Å². The van der Waals surface area contributed by atoms with E-state index in [0.717, 1.165) is 25.2 Å². The van der Waals surface area contributed by atoms with Gasteiger partial charge in [-0.2, -0.15) is 0 Å². The van der Waals surface area contributed by atoms with Crippen molar-refractivity contribution in [1.82, 2.24) is 9.80 Å². The minimum Gasteiger partial charge on any atom is -0.497 e. The van der Waals surface area contributed by atoms with E-state index in [1.807, 2.05) is 35.2 Å². The third kappa shape index (κ3) is 6.01. The Bertz CT molecular complexity index is 1350. The zero-order valence-electron chi connectivity index (χ0n) is 24.7. The lowest BCUT2D eigenvalue weighted by atomic mass is 9.82. The predicted octanol–water partition coefficient (Wildman–Crippen LogP) is 4.55. The van der Waals surface area contributed by atoms with Crippen LogP contribution in [0.5, 0.6) is 23.0 Å². The lowest BCUT2D eigenvalue weighted by molar-refractivity contribution is -0.140. The summed E-state index contributed by atoms with van der Waals surface area (Å²) in [5.41, 5.74) is 2.71. The van der Waals surface area contributed by atoms with E-state index in [-0.39, 0.29) is 18.2 Å². The van der Waals surface area contributed by atoms with Gasteiger partial charge in [0.15, 0.2) is 11.5 Å². The molecule has 2 fully saturated rings. The summed E-state index contributed by atoms with van der Waals surface area (Å²) >= 11 is 0. The number of carbonyl (C=O) groups is 2. The fourth-order valence-corrected chi connectivity index (χ4v) is 6.05. The van der Waals surface area contributed by atoms with Gasteiger partial charge >= 0.3 is 0 Å². The summed E-state index contributed by atoms with van der Waals surface area (Å²) in [4.78, 5) is 34.0. The van der Waals surface area contributed by atoms with Crippen LogP contribution in [0.3, 0.4) is 0 Å². The molecule has 0 aromatic heterocycles. The topological polar surface area (TPSA) is 80.8 Å². The fourth-order valence-electron chi connectivity index (χ4n) is 6.05. The Morgan fingerprint density at radius 2 is 1.45 bits per heavy atom. The van der Waals surface area contributed by atoms with Crippen LogP contribution in [-0.4, -0.2) is 76.2 Å². The summed E-state index contributed by atoms with van der Waals surface area (Å²) in [7, 11) is 6.25. The molecule has 9 nitrogen and oxygen atoms in total. The van der Waals surface area contributed by atoms with Gasteiger partial charge in [-0.3, -0.25) is 14.5 Å². The molecular weight excluding hydrogens is 534 g/mol. The van der Waals surface area contributed by atoms with Crippen molar-refractivity contribution in [3.8, 4) is 23.0 Å². The molecular formula is C33H39N3O6. The Morgan fingerprint density at radius 1 is 0.810 bits per heavy atom. The zero-order chi connectivity index (χ0) is 29.6. The summed E-state index contributed by atoms with van der Waals surface area (Å²) < 4.78 is 22.1. The molecule has 2 heterocycles. The van der Waals surface area contributed by atoms with Gasteiger partial charge in [0.2, 0.25) is 17.6 Å². The molecule has 2 atom stereocenters. The molecule has 3 aromatic rings. The summed E-state index contributed by atoms with van der Waals surface area (Å²) in [5.74, 6) is 1.61. The van der Waals surface area contributed by atoms with E-state index < -0.39 is 12.0 Å². The van der Waals surface area contributed by atoms with E-state index in [4.69, 9.17) is 18.9 Å². The van der Waals surface area contributed by atoms with Crippen molar-refractivity contribution in [2.45, 2.75) is 25.4 Å². The molecule has 0 bridgehead atoms. The van der Waals surface area contributed by atoms with Crippen LogP contribution in [0.1, 0.15) is 30.0 Å². The van der Waals surface area contributed by atoms with Crippen LogP contribution in [0, 0.1) is 5.92 Å². The van der Waals surface area contributed by atoms with Crippen molar-refractivity contribution >= 4 is 17.5 Å². The summed E-state index contributed by atoms with van der Waals surface area (Å²) in [5, 5.41) is 0. The van der Waals surface area contributed by atoms with Gasteiger partial charge in [0.25, 0.3) is 0 Å². The van der Waals surface area contributed by atoms with Crippen molar-refractivity contribution in [2.24, 2.45) is 5.92 Å². The first-order chi connectivity index (χ1) is 20.5. The molecule has 2 amide bonds. The SMILES string of the molecule is COc1ccc([C@@H]2[C@@H](C(=O)N3CCN(Cc4ccccc4)CC3)CCC(=O)N2c2cc(OC)c(OC)c(OC)c2)cc1. The summed E-state index contributed by atoms with van der Waals surface area (Å²) in [6.45, 7) is 3.77. The maximum absolute atomic E-state index is 14.2. The van der Waals surface area contributed by atoms with E-state index in [1.165, 1.54) is 5.56 Å². The fraction of sp³-hybridized carbons (Fsp3) is 0.394. The summed E-state index contributed by atoms with van der Waals surface area (Å²) in [6, 6.07) is 21.0. The molecule has 42 heavy (non-hydrogen) atoms. The molecule has 3 aromatic carbocycles. The second-order valence-corrected chi connectivity index (χ2v) is 10.6. The molecule has 2 saturated heterocycles. The molecule has 2 aliphatic heterocycles. The number of hydrogen-bond donors (Lipinski definition) is 0. The Hall–Kier alpha value is -4.24. The monoisotopic (exact) mass is 573 g/mol. The van der Waals surface area contributed by atoms with Crippen molar-refractivity contribution in [2.75, 3.05) is 59.5 Å². The molecule has 0 saturated carbocycles. The van der Waals surface area contributed by atoms with E-state index in [9.17, 15) is 9.59 Å². The highest BCUT2D eigenvalue weighted by atomic mass is 16.5. The highest BCUT2D eigenvalue weighted by Gasteiger charge is 2.43. The van der Waals surface area contributed by atoms with Crippen LogP contribution < -0.4 is 23.8 Å². The number of methoxy groups -OCH3 is 4. The minimum atomic E-state index is -0.519. The van der Waals surface area contributed by atoms with Gasteiger partial charge in [0.1, 0.15) is 5.75 Å². The number of amides is 2. The quantitative estimate of drug-likeness (QED) is 0.372. The Kier molecular flexibility index (Phi) is 9.17. The molecule has 9 heteroatoms. The largest absolute Gasteiger partial charge is 0.497 e. The van der Waals surface area contributed by atoms with Gasteiger partial charge in [-0.05, 0) is 29.7 Å². The predicted molar refractivity (Wildman–Crippen MR) is 160 cm³/mol. The Labute approximate surface area is 247 Å². The maximum Gasteiger partial charge on any atom is 0.228 e. The number of benzene rings is 3. The van der Waals surface area contributed by atoms with Crippen molar-refractivity contribution in [1.29, 1.82) is 0 Å². The van der Waals surface area contributed by atoms with Crippen molar-refractivity contribution < 1.29 is 28.5 Å². The van der Waals surface area contributed by atoms with Crippen LogP contribution >= 0.6 is 0 Å². The summed E-state index contributed by atoms with van der Waals surface area (Å²) in [6.07, 6.45) is 0.729. The van der Waals surface area contributed by atoms with Crippen LogP contribution in [-0.2, 0) is 16.1 Å². The number of piperidine rings is 1. The molecule has 5 rings (SSSR count). The third-order valence-electron chi connectivity index (χ3n) is 8.23. The second-order valence-electron chi connectivity index (χ2n) is 10.6. The van der Waals surface area contributed by atoms with Gasteiger partial charge in [0, 0.05) is 51.3 Å². The second kappa shape index (κ2) is 13.2. The highest BCUT2D eigenvalue weighted by Crippen LogP contribution is 2.46. The number of piperazine rings is 1. The zero-order valence-corrected chi connectivity index (χ0v) is 24.7. The average Bonchev–Trinajstić information content (AvgIpc) is 3.04. The van der Waals surface area contributed by atoms with E-state index in [0.29, 0.717) is 48.2 Å². The number of carbonyl (C=O) groups excluding carboxylic acids is 2. The first-order valence-electron chi connectivity index (χ1n) is 14.3. The van der Waals surface area contributed by atoms with E-state index in [2.05, 4.69) is 29.2 Å². The first-order valence-corrected chi connectivity index (χ1v) is 14.3. The van der Waals surface area contributed by atoms with Crippen molar-refractivity contribution in [3.05, 3.63) is 77.9 Å². The number of nitrogens with zero attached hydrogens (tertiary/aromatic N) is 3. The van der Waals surface area contributed by atoms with Crippen LogP contribution in [0.15, 0.2) is 66.7 Å². The smallest absolute Gasteiger partial charge is 0.228 e. The van der Waals surface area contributed by atoms with E-state index >= 15 is 0 Å².